The fourth-order valence-corrected chi connectivity index (χ4v) is 3.26. The van der Waals surface area contributed by atoms with E-state index >= 15 is 0 Å². The standard InChI is InChI=1S/C23H26Cl2N4O2/c1-14(2)26-13-18-21(22(30)27-15(3)4)28-29(20-8-6-5-7-19(20)25)23(18)31-17-11-9-16(24)10-12-17/h5-12,14-15,26H,13H2,1-4H3,(H,27,30). The zero-order valence-corrected chi connectivity index (χ0v) is 19.5. The van der Waals surface area contributed by atoms with Crippen LogP contribution in [0.2, 0.25) is 10.0 Å². The van der Waals surface area contributed by atoms with Crippen molar-refractivity contribution in [2.45, 2.75) is 46.3 Å². The summed E-state index contributed by atoms with van der Waals surface area (Å²) in [7, 11) is 0. The number of hydrogen-bond acceptors (Lipinski definition) is 4. The first-order valence-corrected chi connectivity index (χ1v) is 10.9. The lowest BCUT2D eigenvalue weighted by Gasteiger charge is -2.14. The molecule has 1 aromatic heterocycles. The molecule has 3 aromatic rings. The molecule has 0 radical (unpaired) electrons. The quantitative estimate of drug-likeness (QED) is 0.458. The average molecular weight is 461 g/mol. The lowest BCUT2D eigenvalue weighted by atomic mass is 10.2. The van der Waals surface area contributed by atoms with Crippen LogP contribution in [0.5, 0.6) is 11.6 Å². The van der Waals surface area contributed by atoms with Crippen molar-refractivity contribution in [3.8, 4) is 17.3 Å². The van der Waals surface area contributed by atoms with Crippen LogP contribution in [-0.2, 0) is 6.54 Å². The Balaban J connectivity index is 2.18. The van der Waals surface area contributed by atoms with E-state index in [0.717, 1.165) is 0 Å². The number of hydrogen-bond donors (Lipinski definition) is 2. The number of carbonyl (C=O) groups is 1. The van der Waals surface area contributed by atoms with Crippen molar-refractivity contribution in [2.24, 2.45) is 0 Å². The van der Waals surface area contributed by atoms with Gasteiger partial charge in [0.25, 0.3) is 5.91 Å². The summed E-state index contributed by atoms with van der Waals surface area (Å²) >= 11 is 12.5. The van der Waals surface area contributed by atoms with Gasteiger partial charge < -0.3 is 15.4 Å². The molecule has 6 nitrogen and oxygen atoms in total. The Morgan fingerprint density at radius 3 is 2.32 bits per heavy atom. The molecule has 0 saturated heterocycles. The van der Waals surface area contributed by atoms with E-state index in [-0.39, 0.29) is 23.7 Å². The molecule has 0 aliphatic rings. The topological polar surface area (TPSA) is 68.2 Å². The van der Waals surface area contributed by atoms with Crippen molar-refractivity contribution in [1.82, 2.24) is 20.4 Å². The van der Waals surface area contributed by atoms with Gasteiger partial charge in [0.1, 0.15) is 5.75 Å². The molecule has 0 aliphatic heterocycles. The normalized spacial score (nSPS) is 11.2. The summed E-state index contributed by atoms with van der Waals surface area (Å²) in [6, 6.07) is 14.5. The van der Waals surface area contributed by atoms with Crippen molar-refractivity contribution in [3.05, 3.63) is 69.8 Å². The maximum Gasteiger partial charge on any atom is 0.272 e. The molecule has 1 heterocycles. The van der Waals surface area contributed by atoms with Crippen molar-refractivity contribution < 1.29 is 9.53 Å². The second-order valence-corrected chi connectivity index (χ2v) is 8.56. The minimum atomic E-state index is -0.276. The smallest absolute Gasteiger partial charge is 0.272 e. The van der Waals surface area contributed by atoms with Gasteiger partial charge in [0, 0.05) is 23.7 Å². The fourth-order valence-electron chi connectivity index (χ4n) is 2.92. The number of nitrogens with zero attached hydrogens (tertiary/aromatic N) is 2. The number of ether oxygens (including phenoxy) is 1. The third-order valence-corrected chi connectivity index (χ3v) is 4.94. The summed E-state index contributed by atoms with van der Waals surface area (Å²) in [5.41, 5.74) is 1.54. The third-order valence-electron chi connectivity index (χ3n) is 4.37. The van der Waals surface area contributed by atoms with Gasteiger partial charge in [0.05, 0.1) is 16.3 Å². The Kier molecular flexibility index (Phi) is 7.59. The van der Waals surface area contributed by atoms with E-state index in [1.54, 1.807) is 35.0 Å². The van der Waals surface area contributed by atoms with E-state index in [1.807, 2.05) is 45.9 Å². The molecule has 2 N–H and O–H groups in total. The number of para-hydroxylation sites is 1. The van der Waals surface area contributed by atoms with E-state index in [0.29, 0.717) is 39.5 Å². The first-order chi connectivity index (χ1) is 14.8. The highest BCUT2D eigenvalue weighted by molar-refractivity contribution is 6.32. The highest BCUT2D eigenvalue weighted by Crippen LogP contribution is 2.33. The Labute approximate surface area is 192 Å². The molecule has 164 valence electrons. The van der Waals surface area contributed by atoms with Crippen LogP contribution in [0.4, 0.5) is 0 Å². The molecule has 31 heavy (non-hydrogen) atoms. The van der Waals surface area contributed by atoms with E-state index in [4.69, 9.17) is 27.9 Å². The molecule has 2 aromatic carbocycles. The van der Waals surface area contributed by atoms with E-state index in [1.165, 1.54) is 0 Å². The van der Waals surface area contributed by atoms with Crippen LogP contribution in [0.3, 0.4) is 0 Å². The molecular formula is C23H26Cl2N4O2. The average Bonchev–Trinajstić information content (AvgIpc) is 3.06. The molecule has 0 bridgehead atoms. The molecule has 0 unspecified atom stereocenters. The van der Waals surface area contributed by atoms with E-state index < -0.39 is 0 Å². The van der Waals surface area contributed by atoms with Gasteiger partial charge in [-0.25, -0.2) is 0 Å². The number of aromatic nitrogens is 2. The van der Waals surface area contributed by atoms with Gasteiger partial charge in [-0.1, -0.05) is 49.2 Å². The molecule has 0 fully saturated rings. The monoisotopic (exact) mass is 460 g/mol. The highest BCUT2D eigenvalue weighted by Gasteiger charge is 2.26. The van der Waals surface area contributed by atoms with Crippen LogP contribution in [0, 0.1) is 0 Å². The van der Waals surface area contributed by atoms with Crippen LogP contribution in [0.1, 0.15) is 43.7 Å². The number of benzene rings is 2. The maximum absolute atomic E-state index is 13.0. The van der Waals surface area contributed by atoms with E-state index in [9.17, 15) is 4.79 Å². The number of carbonyl (C=O) groups excluding carboxylic acids is 1. The van der Waals surface area contributed by atoms with Crippen molar-refractivity contribution in [3.63, 3.8) is 0 Å². The summed E-state index contributed by atoms with van der Waals surface area (Å²) in [5.74, 6) is 0.707. The van der Waals surface area contributed by atoms with Gasteiger partial charge in [0.2, 0.25) is 5.88 Å². The van der Waals surface area contributed by atoms with Gasteiger partial charge in [-0.2, -0.15) is 9.78 Å². The number of halogens is 2. The number of rotatable bonds is 8. The molecule has 1 amide bonds. The highest BCUT2D eigenvalue weighted by atomic mass is 35.5. The van der Waals surface area contributed by atoms with E-state index in [2.05, 4.69) is 15.7 Å². The van der Waals surface area contributed by atoms with Gasteiger partial charge in [-0.15, -0.1) is 0 Å². The molecule has 8 heteroatoms. The van der Waals surface area contributed by atoms with Crippen LogP contribution < -0.4 is 15.4 Å². The minimum Gasteiger partial charge on any atom is -0.439 e. The lowest BCUT2D eigenvalue weighted by Crippen LogP contribution is -2.32. The Hall–Kier alpha value is -2.54. The molecule has 3 rings (SSSR count). The van der Waals surface area contributed by atoms with Crippen LogP contribution in [0.15, 0.2) is 48.5 Å². The molecule has 0 atom stereocenters. The first kappa shape index (κ1) is 23.1. The largest absolute Gasteiger partial charge is 0.439 e. The summed E-state index contributed by atoms with van der Waals surface area (Å²) in [4.78, 5) is 13.0. The second-order valence-electron chi connectivity index (χ2n) is 7.72. The second kappa shape index (κ2) is 10.2. The fraction of sp³-hybridized carbons (Fsp3) is 0.304. The minimum absolute atomic E-state index is 0.0375. The van der Waals surface area contributed by atoms with Crippen molar-refractivity contribution >= 4 is 29.1 Å². The summed E-state index contributed by atoms with van der Waals surface area (Å²) in [5, 5.41) is 12.0. The first-order valence-electron chi connectivity index (χ1n) is 10.1. The predicted octanol–water partition coefficient (Wildman–Crippen LogP) is 5.61. The molecular weight excluding hydrogens is 435 g/mol. The van der Waals surface area contributed by atoms with Crippen LogP contribution in [-0.4, -0.2) is 27.8 Å². The van der Waals surface area contributed by atoms with Gasteiger partial charge in [0.15, 0.2) is 5.69 Å². The summed E-state index contributed by atoms with van der Waals surface area (Å²) in [6.07, 6.45) is 0. The molecule has 0 aliphatic carbocycles. The molecule has 0 saturated carbocycles. The van der Waals surface area contributed by atoms with Crippen LogP contribution >= 0.6 is 23.2 Å². The van der Waals surface area contributed by atoms with Gasteiger partial charge in [-0.05, 0) is 50.2 Å². The maximum atomic E-state index is 13.0. The van der Waals surface area contributed by atoms with Crippen molar-refractivity contribution in [2.75, 3.05) is 0 Å². The Morgan fingerprint density at radius 2 is 1.71 bits per heavy atom. The lowest BCUT2D eigenvalue weighted by molar-refractivity contribution is 0.0936. The predicted molar refractivity (Wildman–Crippen MR) is 125 cm³/mol. The summed E-state index contributed by atoms with van der Waals surface area (Å²) < 4.78 is 7.81. The SMILES string of the molecule is CC(C)NCc1c(C(=O)NC(C)C)nn(-c2ccccc2Cl)c1Oc1ccc(Cl)cc1. The Morgan fingerprint density at radius 1 is 1.03 bits per heavy atom. The summed E-state index contributed by atoms with van der Waals surface area (Å²) in [6.45, 7) is 8.27. The Bertz CT molecular complexity index is 1050. The zero-order chi connectivity index (χ0) is 22.5. The number of amides is 1. The van der Waals surface area contributed by atoms with Gasteiger partial charge >= 0.3 is 0 Å². The van der Waals surface area contributed by atoms with Crippen molar-refractivity contribution in [1.29, 1.82) is 0 Å². The third kappa shape index (κ3) is 5.79. The van der Waals surface area contributed by atoms with Gasteiger partial charge in [-0.3, -0.25) is 4.79 Å². The zero-order valence-electron chi connectivity index (χ0n) is 17.9. The van der Waals surface area contributed by atoms with Crippen LogP contribution in [0.25, 0.3) is 5.69 Å². The number of nitrogens with one attached hydrogen (secondary N) is 2. The molecule has 0 spiro atoms.